The number of hydrogen-bond acceptors (Lipinski definition) is 4. The lowest BCUT2D eigenvalue weighted by atomic mass is 10.2. The molecule has 4 nitrogen and oxygen atoms in total. The maximum Gasteiger partial charge on any atom is 0.167 e. The van der Waals surface area contributed by atoms with Gasteiger partial charge >= 0.3 is 0 Å². The zero-order chi connectivity index (χ0) is 14.7. The third kappa shape index (κ3) is 2.96. The van der Waals surface area contributed by atoms with Crippen molar-refractivity contribution >= 4 is 33.0 Å². The van der Waals surface area contributed by atoms with E-state index in [-0.39, 0.29) is 5.75 Å². The molecule has 0 radical (unpaired) electrons. The smallest absolute Gasteiger partial charge is 0.167 e. The van der Waals surface area contributed by atoms with Crippen LogP contribution in [0, 0.1) is 5.82 Å². The monoisotopic (exact) mass is 340 g/mol. The van der Waals surface area contributed by atoms with Crippen molar-refractivity contribution in [2.75, 3.05) is 25.3 Å². The van der Waals surface area contributed by atoms with Crippen molar-refractivity contribution in [1.29, 1.82) is 0 Å². The van der Waals surface area contributed by atoms with E-state index in [2.05, 4.69) is 21.2 Å². The second-order valence-corrected chi connectivity index (χ2v) is 4.90. The number of nitrogens with one attached hydrogen (secondary N) is 1. The molecule has 3 N–H and O–H groups in total. The molecule has 0 aliphatic carbocycles. The molecule has 0 aliphatic heterocycles. The van der Waals surface area contributed by atoms with E-state index >= 15 is 0 Å². The first-order valence-electron chi connectivity index (χ1n) is 5.78. The summed E-state index contributed by atoms with van der Waals surface area (Å²) >= 11 is 3.40. The molecule has 0 spiro atoms. The summed E-state index contributed by atoms with van der Waals surface area (Å²) in [5, 5.41) is 3.11. The molecule has 0 amide bonds. The zero-order valence-electron chi connectivity index (χ0n) is 11.0. The summed E-state index contributed by atoms with van der Waals surface area (Å²) in [6, 6.07) is 8.22. The summed E-state index contributed by atoms with van der Waals surface area (Å²) in [6.45, 7) is 0. The van der Waals surface area contributed by atoms with E-state index in [4.69, 9.17) is 15.2 Å². The standard InChI is InChI=1S/C14H14BrFN2O2/c1-19-13-4-3-8(5-9(13)15)18-12-7-14(20-2)10(16)6-11(12)17/h3-7,18H,17H2,1-2H3. The molecule has 0 fully saturated rings. The maximum atomic E-state index is 13.5. The molecule has 0 saturated heterocycles. The van der Waals surface area contributed by atoms with Crippen LogP contribution in [0.2, 0.25) is 0 Å². The van der Waals surface area contributed by atoms with Gasteiger partial charge in [-0.25, -0.2) is 4.39 Å². The van der Waals surface area contributed by atoms with E-state index in [1.807, 2.05) is 18.2 Å². The van der Waals surface area contributed by atoms with Crippen LogP contribution in [-0.2, 0) is 0 Å². The van der Waals surface area contributed by atoms with E-state index in [0.717, 1.165) is 15.9 Å². The van der Waals surface area contributed by atoms with Gasteiger partial charge in [-0.1, -0.05) is 0 Å². The molecule has 0 aliphatic rings. The van der Waals surface area contributed by atoms with Gasteiger partial charge in [0.25, 0.3) is 0 Å². The van der Waals surface area contributed by atoms with Crippen LogP contribution < -0.4 is 20.5 Å². The fourth-order valence-corrected chi connectivity index (χ4v) is 2.27. The van der Waals surface area contributed by atoms with Gasteiger partial charge in [0, 0.05) is 17.8 Å². The van der Waals surface area contributed by atoms with Gasteiger partial charge in [-0.3, -0.25) is 0 Å². The molecule has 2 aromatic carbocycles. The average molecular weight is 341 g/mol. The van der Waals surface area contributed by atoms with Crippen LogP contribution in [0.5, 0.6) is 11.5 Å². The molecule has 6 heteroatoms. The second-order valence-electron chi connectivity index (χ2n) is 4.05. The van der Waals surface area contributed by atoms with Gasteiger partial charge in [0.1, 0.15) is 5.75 Å². The molecule has 0 saturated carbocycles. The van der Waals surface area contributed by atoms with Gasteiger partial charge in [0.15, 0.2) is 11.6 Å². The number of halogens is 2. The van der Waals surface area contributed by atoms with Crippen molar-refractivity contribution < 1.29 is 13.9 Å². The first kappa shape index (κ1) is 14.5. The number of methoxy groups -OCH3 is 2. The highest BCUT2D eigenvalue weighted by Crippen LogP contribution is 2.33. The number of hydrogen-bond donors (Lipinski definition) is 2. The Kier molecular flexibility index (Phi) is 4.34. The summed E-state index contributed by atoms with van der Waals surface area (Å²) in [4.78, 5) is 0. The van der Waals surface area contributed by atoms with Crippen molar-refractivity contribution in [2.45, 2.75) is 0 Å². The molecule has 0 aromatic heterocycles. The van der Waals surface area contributed by atoms with E-state index in [1.54, 1.807) is 7.11 Å². The SMILES string of the molecule is COc1cc(Nc2ccc(OC)c(Br)c2)c(N)cc1F. The second kappa shape index (κ2) is 6.00. The Labute approximate surface area is 124 Å². The predicted octanol–water partition coefficient (Wildman–Crippen LogP) is 3.93. The van der Waals surface area contributed by atoms with E-state index in [9.17, 15) is 4.39 Å². The summed E-state index contributed by atoms with van der Waals surface area (Å²) in [5.41, 5.74) is 7.45. The minimum absolute atomic E-state index is 0.134. The highest BCUT2D eigenvalue weighted by molar-refractivity contribution is 9.10. The maximum absolute atomic E-state index is 13.5. The van der Waals surface area contributed by atoms with Crippen LogP contribution in [0.15, 0.2) is 34.8 Å². The van der Waals surface area contributed by atoms with E-state index in [0.29, 0.717) is 11.4 Å². The predicted molar refractivity (Wildman–Crippen MR) is 81.3 cm³/mol. The zero-order valence-corrected chi connectivity index (χ0v) is 12.6. The summed E-state index contributed by atoms with van der Waals surface area (Å²) in [6.07, 6.45) is 0. The molecule has 0 unspecified atom stereocenters. The highest BCUT2D eigenvalue weighted by atomic mass is 79.9. The Balaban J connectivity index is 2.32. The minimum atomic E-state index is -0.494. The van der Waals surface area contributed by atoms with Crippen molar-refractivity contribution in [2.24, 2.45) is 0 Å². The van der Waals surface area contributed by atoms with Crippen molar-refractivity contribution in [3.8, 4) is 11.5 Å². The highest BCUT2D eigenvalue weighted by Gasteiger charge is 2.09. The lowest BCUT2D eigenvalue weighted by Crippen LogP contribution is -1.99. The molecule has 0 atom stereocenters. The number of rotatable bonds is 4. The molecule has 2 aromatic rings. The Bertz CT molecular complexity index is 635. The van der Waals surface area contributed by atoms with Crippen LogP contribution in [-0.4, -0.2) is 14.2 Å². The van der Waals surface area contributed by atoms with E-state index < -0.39 is 5.82 Å². The Morgan fingerprint density at radius 3 is 2.40 bits per heavy atom. The minimum Gasteiger partial charge on any atom is -0.496 e. The summed E-state index contributed by atoms with van der Waals surface area (Å²) in [5.74, 6) is 0.362. The number of ether oxygens (including phenoxy) is 2. The fourth-order valence-electron chi connectivity index (χ4n) is 1.73. The van der Waals surface area contributed by atoms with Gasteiger partial charge in [0.2, 0.25) is 0 Å². The first-order valence-corrected chi connectivity index (χ1v) is 6.58. The molecule has 106 valence electrons. The molecular weight excluding hydrogens is 327 g/mol. The van der Waals surface area contributed by atoms with Gasteiger partial charge in [-0.2, -0.15) is 0 Å². The number of nitrogen functional groups attached to an aromatic ring is 1. The van der Waals surface area contributed by atoms with Crippen LogP contribution in [0.3, 0.4) is 0 Å². The van der Waals surface area contributed by atoms with Crippen molar-refractivity contribution in [3.05, 3.63) is 40.6 Å². The van der Waals surface area contributed by atoms with Crippen LogP contribution >= 0.6 is 15.9 Å². The number of benzene rings is 2. The fraction of sp³-hybridized carbons (Fsp3) is 0.143. The largest absolute Gasteiger partial charge is 0.496 e. The quantitative estimate of drug-likeness (QED) is 0.828. The Morgan fingerprint density at radius 2 is 1.80 bits per heavy atom. The Hall–Kier alpha value is -1.95. The third-order valence-corrected chi connectivity index (χ3v) is 3.37. The lowest BCUT2D eigenvalue weighted by Gasteiger charge is -2.13. The van der Waals surface area contributed by atoms with Crippen molar-refractivity contribution in [3.63, 3.8) is 0 Å². The molecule has 20 heavy (non-hydrogen) atoms. The topological polar surface area (TPSA) is 56.5 Å². The van der Waals surface area contributed by atoms with E-state index in [1.165, 1.54) is 19.2 Å². The molecular formula is C14H14BrFN2O2. The van der Waals surface area contributed by atoms with Gasteiger partial charge in [0.05, 0.1) is 30.1 Å². The van der Waals surface area contributed by atoms with Gasteiger partial charge < -0.3 is 20.5 Å². The Morgan fingerprint density at radius 1 is 1.10 bits per heavy atom. The first-order chi connectivity index (χ1) is 9.55. The van der Waals surface area contributed by atoms with Crippen LogP contribution in [0.1, 0.15) is 0 Å². The van der Waals surface area contributed by atoms with Crippen LogP contribution in [0.4, 0.5) is 21.5 Å². The third-order valence-electron chi connectivity index (χ3n) is 2.75. The summed E-state index contributed by atoms with van der Waals surface area (Å²) < 4.78 is 24.4. The van der Waals surface area contributed by atoms with Gasteiger partial charge in [-0.15, -0.1) is 0 Å². The summed E-state index contributed by atoms with van der Waals surface area (Å²) in [7, 11) is 3.00. The molecule has 0 heterocycles. The molecule has 2 rings (SSSR count). The normalized spacial score (nSPS) is 10.2. The number of anilines is 3. The average Bonchev–Trinajstić information content (AvgIpc) is 2.42. The van der Waals surface area contributed by atoms with Gasteiger partial charge in [-0.05, 0) is 34.1 Å². The van der Waals surface area contributed by atoms with Crippen molar-refractivity contribution in [1.82, 2.24) is 0 Å². The lowest BCUT2D eigenvalue weighted by molar-refractivity contribution is 0.387. The molecule has 0 bridgehead atoms. The number of nitrogens with two attached hydrogens (primary N) is 1. The van der Waals surface area contributed by atoms with Crippen LogP contribution in [0.25, 0.3) is 0 Å².